The molecule has 0 aliphatic rings. The van der Waals surface area contributed by atoms with Crippen molar-refractivity contribution in [1.29, 1.82) is 0 Å². The van der Waals surface area contributed by atoms with Gasteiger partial charge in [0.15, 0.2) is 0 Å². The topological polar surface area (TPSA) is 63.3 Å². The Hall–Kier alpha value is -1.09. The fourth-order valence-corrected chi connectivity index (χ4v) is 1.90. The Morgan fingerprint density at radius 2 is 1.83 bits per heavy atom. The lowest BCUT2D eigenvalue weighted by molar-refractivity contribution is -0.113. The van der Waals surface area contributed by atoms with Crippen LogP contribution in [0.1, 0.15) is 40.5 Å². The van der Waals surface area contributed by atoms with Crippen molar-refractivity contribution in [1.82, 2.24) is 0 Å². The SMILES string of the molecule is CC[C@H](C)[C@@H](C)[C@@H](C)[C@@H](O)C/C=C/C=C\C(N)=O. The molecule has 0 aromatic carbocycles. The van der Waals surface area contributed by atoms with E-state index in [0.29, 0.717) is 18.3 Å². The molecule has 0 aliphatic heterocycles. The minimum Gasteiger partial charge on any atom is -0.393 e. The van der Waals surface area contributed by atoms with Crippen LogP contribution in [0.5, 0.6) is 0 Å². The van der Waals surface area contributed by atoms with E-state index in [1.165, 1.54) is 6.08 Å². The van der Waals surface area contributed by atoms with E-state index in [-0.39, 0.29) is 12.0 Å². The van der Waals surface area contributed by atoms with Crippen LogP contribution in [0.25, 0.3) is 0 Å². The molecule has 0 rings (SSSR count). The van der Waals surface area contributed by atoms with E-state index >= 15 is 0 Å². The van der Waals surface area contributed by atoms with Gasteiger partial charge in [0, 0.05) is 6.08 Å². The maximum Gasteiger partial charge on any atom is 0.241 e. The monoisotopic (exact) mass is 253 g/mol. The van der Waals surface area contributed by atoms with Crippen molar-refractivity contribution in [3.05, 3.63) is 24.3 Å². The van der Waals surface area contributed by atoms with Gasteiger partial charge in [-0.25, -0.2) is 0 Å². The zero-order valence-electron chi connectivity index (χ0n) is 12.0. The van der Waals surface area contributed by atoms with Gasteiger partial charge in [-0.05, 0) is 24.2 Å². The quantitative estimate of drug-likeness (QED) is 0.516. The highest BCUT2D eigenvalue weighted by Gasteiger charge is 2.23. The summed E-state index contributed by atoms with van der Waals surface area (Å²) in [4.78, 5) is 10.5. The number of aliphatic hydroxyl groups excluding tert-OH is 1. The Bertz CT molecular complexity index is 297. The van der Waals surface area contributed by atoms with Crippen LogP contribution in [0.15, 0.2) is 24.3 Å². The third kappa shape index (κ3) is 6.60. The third-order valence-corrected chi connectivity index (χ3v) is 3.86. The summed E-state index contributed by atoms with van der Waals surface area (Å²) in [6.07, 6.45) is 7.90. The van der Waals surface area contributed by atoms with E-state index in [0.717, 1.165) is 6.42 Å². The summed E-state index contributed by atoms with van der Waals surface area (Å²) in [6.45, 7) is 8.68. The number of allylic oxidation sites excluding steroid dienone is 2. The molecule has 1 amide bonds. The predicted octanol–water partition coefficient (Wildman–Crippen LogP) is 2.65. The van der Waals surface area contributed by atoms with E-state index in [2.05, 4.69) is 27.7 Å². The van der Waals surface area contributed by atoms with Gasteiger partial charge < -0.3 is 10.8 Å². The molecule has 0 aromatic heterocycles. The molecule has 0 saturated carbocycles. The van der Waals surface area contributed by atoms with Crippen molar-refractivity contribution in [2.24, 2.45) is 23.5 Å². The Morgan fingerprint density at radius 3 is 2.33 bits per heavy atom. The Balaban J connectivity index is 4.16. The fraction of sp³-hybridized carbons (Fsp3) is 0.667. The van der Waals surface area contributed by atoms with Crippen molar-refractivity contribution in [2.45, 2.75) is 46.6 Å². The molecule has 18 heavy (non-hydrogen) atoms. The molecule has 3 nitrogen and oxygen atoms in total. The molecule has 4 atom stereocenters. The summed E-state index contributed by atoms with van der Waals surface area (Å²) in [7, 11) is 0. The molecule has 0 unspecified atom stereocenters. The van der Waals surface area contributed by atoms with Gasteiger partial charge in [-0.2, -0.15) is 0 Å². The van der Waals surface area contributed by atoms with Crippen LogP contribution in [0.3, 0.4) is 0 Å². The summed E-state index contributed by atoms with van der Waals surface area (Å²) in [6, 6.07) is 0. The van der Waals surface area contributed by atoms with Crippen LogP contribution in [0.2, 0.25) is 0 Å². The molecule has 0 fully saturated rings. The van der Waals surface area contributed by atoms with Gasteiger partial charge in [0.05, 0.1) is 6.10 Å². The second-order valence-electron chi connectivity index (χ2n) is 5.10. The summed E-state index contributed by atoms with van der Waals surface area (Å²) in [5.41, 5.74) is 4.96. The van der Waals surface area contributed by atoms with Gasteiger partial charge in [0.25, 0.3) is 0 Å². The van der Waals surface area contributed by atoms with Gasteiger partial charge in [-0.1, -0.05) is 52.3 Å². The highest BCUT2D eigenvalue weighted by atomic mass is 16.3. The average molecular weight is 253 g/mol. The van der Waals surface area contributed by atoms with Gasteiger partial charge in [-0.15, -0.1) is 0 Å². The number of amides is 1. The van der Waals surface area contributed by atoms with Crippen molar-refractivity contribution >= 4 is 5.91 Å². The van der Waals surface area contributed by atoms with E-state index in [4.69, 9.17) is 5.73 Å². The molecule has 0 bridgehead atoms. The first-order chi connectivity index (χ1) is 8.40. The number of nitrogens with two attached hydrogens (primary N) is 1. The highest BCUT2D eigenvalue weighted by molar-refractivity contribution is 5.85. The summed E-state index contributed by atoms with van der Waals surface area (Å²) in [5.74, 6) is 0.927. The molecule has 3 N–H and O–H groups in total. The van der Waals surface area contributed by atoms with Crippen LogP contribution in [0.4, 0.5) is 0 Å². The summed E-state index contributed by atoms with van der Waals surface area (Å²) < 4.78 is 0. The third-order valence-electron chi connectivity index (χ3n) is 3.86. The van der Waals surface area contributed by atoms with Crippen LogP contribution < -0.4 is 5.73 Å². The number of hydrogen-bond donors (Lipinski definition) is 2. The van der Waals surface area contributed by atoms with Crippen LogP contribution in [-0.2, 0) is 4.79 Å². The van der Waals surface area contributed by atoms with E-state index in [1.54, 1.807) is 12.2 Å². The summed E-state index contributed by atoms with van der Waals surface area (Å²) in [5, 5.41) is 10.1. The van der Waals surface area contributed by atoms with E-state index < -0.39 is 5.91 Å². The lowest BCUT2D eigenvalue weighted by Gasteiger charge is -2.28. The molecule has 0 radical (unpaired) electrons. The summed E-state index contributed by atoms with van der Waals surface area (Å²) >= 11 is 0. The minimum atomic E-state index is -0.459. The average Bonchev–Trinajstić information content (AvgIpc) is 2.34. The molecule has 0 saturated heterocycles. The van der Waals surface area contributed by atoms with E-state index in [1.807, 2.05) is 6.08 Å². The molecule has 3 heteroatoms. The van der Waals surface area contributed by atoms with Gasteiger partial charge >= 0.3 is 0 Å². The van der Waals surface area contributed by atoms with Crippen molar-refractivity contribution in [3.63, 3.8) is 0 Å². The number of primary amides is 1. The fourth-order valence-electron chi connectivity index (χ4n) is 1.90. The zero-order valence-corrected chi connectivity index (χ0v) is 12.0. The Kier molecular flexibility index (Phi) is 8.38. The highest BCUT2D eigenvalue weighted by Crippen LogP contribution is 2.26. The standard InChI is InChI=1S/C15H27NO2/c1-5-11(2)12(3)13(4)14(17)9-7-6-8-10-15(16)18/h6-8,10-14,17H,5,9H2,1-4H3,(H2,16,18)/b7-6+,10-8-/t11-,12+,13+,14-/m0/s1. The number of rotatable bonds is 8. The molecule has 0 heterocycles. The van der Waals surface area contributed by atoms with Crippen LogP contribution in [0, 0.1) is 17.8 Å². The maximum absolute atomic E-state index is 10.5. The normalized spacial score (nSPS) is 18.9. The number of carbonyl (C=O) groups excluding carboxylic acids is 1. The van der Waals surface area contributed by atoms with Gasteiger partial charge in [-0.3, -0.25) is 4.79 Å². The Labute approximate surface area is 111 Å². The lowest BCUT2D eigenvalue weighted by atomic mass is 9.80. The maximum atomic E-state index is 10.5. The van der Waals surface area contributed by atoms with Gasteiger partial charge in [0.2, 0.25) is 5.91 Å². The molecule has 0 aliphatic carbocycles. The first kappa shape index (κ1) is 16.9. The number of carbonyl (C=O) groups is 1. The molecule has 0 aromatic rings. The molecule has 0 spiro atoms. The predicted molar refractivity (Wildman–Crippen MR) is 75.9 cm³/mol. The van der Waals surface area contributed by atoms with Crippen molar-refractivity contribution in [3.8, 4) is 0 Å². The van der Waals surface area contributed by atoms with Crippen LogP contribution >= 0.6 is 0 Å². The van der Waals surface area contributed by atoms with Gasteiger partial charge in [0.1, 0.15) is 0 Å². The number of aliphatic hydroxyl groups is 1. The smallest absolute Gasteiger partial charge is 0.241 e. The molecule has 104 valence electrons. The van der Waals surface area contributed by atoms with Crippen molar-refractivity contribution in [2.75, 3.05) is 0 Å². The molecular formula is C15H27NO2. The number of hydrogen-bond acceptors (Lipinski definition) is 2. The largest absolute Gasteiger partial charge is 0.393 e. The van der Waals surface area contributed by atoms with E-state index in [9.17, 15) is 9.90 Å². The van der Waals surface area contributed by atoms with Crippen molar-refractivity contribution < 1.29 is 9.90 Å². The Morgan fingerprint density at radius 1 is 1.22 bits per heavy atom. The first-order valence-electron chi connectivity index (χ1n) is 6.70. The minimum absolute atomic E-state index is 0.268. The zero-order chi connectivity index (χ0) is 14.1. The second-order valence-corrected chi connectivity index (χ2v) is 5.10. The first-order valence-corrected chi connectivity index (χ1v) is 6.70. The van der Waals surface area contributed by atoms with Crippen LogP contribution in [-0.4, -0.2) is 17.1 Å². The second kappa shape index (κ2) is 8.92. The lowest BCUT2D eigenvalue weighted by Crippen LogP contribution is -2.27. The molecular weight excluding hydrogens is 226 g/mol.